The first-order chi connectivity index (χ1) is 23.2. The van der Waals surface area contributed by atoms with Crippen molar-refractivity contribution in [2.75, 3.05) is 31.0 Å². The van der Waals surface area contributed by atoms with Gasteiger partial charge in [0.25, 0.3) is 0 Å². The van der Waals surface area contributed by atoms with Gasteiger partial charge < -0.3 is 28.8 Å². The number of halogens is 3. The standard InChI is InChI=1S/C33H48F3N5O8Si/c1-20-26-22-15-14-21(37-30(44)47-6)18-25(22)41(29(43)33(34,35)36)24(28(42)46-5)13-11-10-12-23(38-31(45)49-32(2,3)4)27(39-26)40(20)19-48-16-17-50(7,8)9/h14-15,18,23-24H,10-13,16-17,19H2,1-9H3,(H,37,44)(H,38,45)/t23-,24?/m0/s1. The first-order valence-corrected chi connectivity index (χ1v) is 20.0. The van der Waals surface area contributed by atoms with E-state index in [4.69, 9.17) is 19.2 Å². The second kappa shape index (κ2) is 16.3. The fourth-order valence-corrected chi connectivity index (χ4v) is 6.15. The Morgan fingerprint density at radius 3 is 2.24 bits per heavy atom. The van der Waals surface area contributed by atoms with Gasteiger partial charge in [-0.3, -0.25) is 15.0 Å². The minimum atomic E-state index is -5.39. The molecule has 1 aromatic carbocycles. The van der Waals surface area contributed by atoms with Crippen LogP contribution in [0, 0.1) is 6.92 Å². The molecule has 0 saturated carbocycles. The summed E-state index contributed by atoms with van der Waals surface area (Å²) in [5, 5.41) is 5.30. The van der Waals surface area contributed by atoms with Gasteiger partial charge in [-0.05, 0) is 64.8 Å². The number of nitrogens with zero attached hydrogens (tertiary/aromatic N) is 3. The molecule has 1 unspecified atom stereocenters. The molecule has 2 atom stereocenters. The summed E-state index contributed by atoms with van der Waals surface area (Å²) in [6.07, 6.45) is -6.49. The van der Waals surface area contributed by atoms with Gasteiger partial charge >= 0.3 is 30.2 Å². The van der Waals surface area contributed by atoms with Crippen LogP contribution >= 0.6 is 0 Å². The molecule has 50 heavy (non-hydrogen) atoms. The molecule has 2 bridgehead atoms. The number of fused-ring (bicyclic) bond motifs is 4. The van der Waals surface area contributed by atoms with Crippen molar-refractivity contribution in [3.8, 4) is 11.3 Å². The zero-order chi connectivity index (χ0) is 37.6. The molecule has 0 fully saturated rings. The summed E-state index contributed by atoms with van der Waals surface area (Å²) < 4.78 is 65.9. The molecular weight excluding hydrogens is 679 g/mol. The van der Waals surface area contributed by atoms with Gasteiger partial charge in [-0.25, -0.2) is 19.4 Å². The number of nitrogens with one attached hydrogen (secondary N) is 2. The third-order valence-electron chi connectivity index (χ3n) is 7.88. The van der Waals surface area contributed by atoms with E-state index in [2.05, 4.69) is 35.0 Å². The SMILES string of the molecule is COC(=O)Nc1ccc2c(c1)N(C(=O)C(F)(F)F)C(C(=O)OC)CCCC[C@H](NC(=O)OC(C)(C)C)c1nc-2c(C)n1COCC[Si](C)(C)C. The van der Waals surface area contributed by atoms with Crippen LogP contribution in [-0.4, -0.2) is 80.3 Å². The van der Waals surface area contributed by atoms with E-state index in [1.54, 1.807) is 32.3 Å². The molecule has 1 aromatic heterocycles. The third kappa shape index (κ3) is 10.7. The average molecular weight is 728 g/mol. The van der Waals surface area contributed by atoms with Crippen molar-refractivity contribution in [2.24, 2.45) is 0 Å². The number of methoxy groups -OCH3 is 2. The first kappa shape index (κ1) is 40.3. The molecule has 0 aliphatic carbocycles. The summed E-state index contributed by atoms with van der Waals surface area (Å²) in [4.78, 5) is 56.8. The normalized spacial score (nSPS) is 17.1. The van der Waals surface area contributed by atoms with Crippen LogP contribution in [0.2, 0.25) is 25.7 Å². The lowest BCUT2D eigenvalue weighted by Crippen LogP contribution is -2.51. The molecule has 17 heteroatoms. The number of anilines is 2. The maximum absolute atomic E-state index is 14.3. The van der Waals surface area contributed by atoms with Crippen molar-refractivity contribution < 1.29 is 51.3 Å². The van der Waals surface area contributed by atoms with E-state index in [0.717, 1.165) is 26.3 Å². The second-order valence-corrected chi connectivity index (χ2v) is 19.8. The van der Waals surface area contributed by atoms with E-state index < -0.39 is 56.0 Å². The maximum atomic E-state index is 14.3. The number of carbonyl (C=O) groups excluding carboxylic acids is 4. The van der Waals surface area contributed by atoms with E-state index in [1.807, 2.05) is 0 Å². The fraction of sp³-hybridized carbons (Fsp3) is 0.606. The Kier molecular flexibility index (Phi) is 13.1. The van der Waals surface area contributed by atoms with Crippen LogP contribution in [0.3, 0.4) is 0 Å². The topological polar surface area (TPSA) is 150 Å². The molecule has 2 N–H and O–H groups in total. The Morgan fingerprint density at radius 2 is 1.66 bits per heavy atom. The number of aromatic nitrogens is 2. The monoisotopic (exact) mass is 727 g/mol. The smallest absolute Gasteiger partial charge is 0.467 e. The predicted octanol–water partition coefficient (Wildman–Crippen LogP) is 6.93. The van der Waals surface area contributed by atoms with Crippen LogP contribution in [0.5, 0.6) is 0 Å². The van der Waals surface area contributed by atoms with Gasteiger partial charge in [-0.15, -0.1) is 0 Å². The number of rotatable bonds is 8. The number of amides is 3. The summed E-state index contributed by atoms with van der Waals surface area (Å²) >= 11 is 0. The van der Waals surface area contributed by atoms with Crippen LogP contribution in [0.25, 0.3) is 11.3 Å². The first-order valence-electron chi connectivity index (χ1n) is 16.3. The van der Waals surface area contributed by atoms with E-state index in [0.29, 0.717) is 29.4 Å². The minimum absolute atomic E-state index is 0.0113. The third-order valence-corrected chi connectivity index (χ3v) is 9.58. The minimum Gasteiger partial charge on any atom is -0.467 e. The van der Waals surface area contributed by atoms with Gasteiger partial charge in [0.2, 0.25) is 0 Å². The molecule has 13 nitrogen and oxygen atoms in total. The lowest BCUT2D eigenvalue weighted by Gasteiger charge is -2.32. The van der Waals surface area contributed by atoms with Gasteiger partial charge in [0.1, 0.15) is 24.2 Å². The summed E-state index contributed by atoms with van der Waals surface area (Å²) in [5.41, 5.74) is -0.511. The van der Waals surface area contributed by atoms with E-state index in [1.165, 1.54) is 12.1 Å². The highest BCUT2D eigenvalue weighted by atomic mass is 28.3. The molecule has 3 rings (SSSR count). The zero-order valence-electron chi connectivity index (χ0n) is 30.1. The van der Waals surface area contributed by atoms with Crippen molar-refractivity contribution in [3.05, 3.63) is 29.7 Å². The van der Waals surface area contributed by atoms with Crippen LogP contribution in [-0.2, 0) is 35.3 Å². The summed E-state index contributed by atoms with van der Waals surface area (Å²) in [6, 6.07) is 2.38. The van der Waals surface area contributed by atoms with E-state index >= 15 is 0 Å². The molecule has 0 spiro atoms. The van der Waals surface area contributed by atoms with Gasteiger partial charge in [0.15, 0.2) is 0 Å². The summed E-state index contributed by atoms with van der Waals surface area (Å²) in [6.45, 7) is 14.0. The number of hydrogen-bond acceptors (Lipinski definition) is 9. The van der Waals surface area contributed by atoms with Crippen LogP contribution < -0.4 is 15.5 Å². The van der Waals surface area contributed by atoms with Gasteiger partial charge in [-0.2, -0.15) is 13.2 Å². The van der Waals surface area contributed by atoms with Crippen molar-refractivity contribution >= 4 is 43.5 Å². The lowest BCUT2D eigenvalue weighted by molar-refractivity contribution is -0.172. The Bertz CT molecular complexity index is 1550. The van der Waals surface area contributed by atoms with Crippen molar-refractivity contribution in [2.45, 2.75) is 110 Å². The Hall–Kier alpha value is -4.12. The largest absolute Gasteiger partial charge is 0.471 e. The molecule has 278 valence electrons. The van der Waals surface area contributed by atoms with E-state index in [9.17, 15) is 32.3 Å². The molecule has 2 aromatic rings. The van der Waals surface area contributed by atoms with Crippen LogP contribution in [0.1, 0.15) is 64.0 Å². The fourth-order valence-electron chi connectivity index (χ4n) is 5.40. The van der Waals surface area contributed by atoms with Gasteiger partial charge in [-0.1, -0.05) is 32.5 Å². The lowest BCUT2D eigenvalue weighted by atomic mass is 9.99. The van der Waals surface area contributed by atoms with Crippen molar-refractivity contribution in [3.63, 3.8) is 0 Å². The highest BCUT2D eigenvalue weighted by molar-refractivity contribution is 6.76. The highest BCUT2D eigenvalue weighted by Crippen LogP contribution is 2.40. The number of alkyl halides is 3. The maximum Gasteiger partial charge on any atom is 0.471 e. The number of benzene rings is 1. The summed E-state index contributed by atoms with van der Waals surface area (Å²) in [7, 11) is 0.670. The van der Waals surface area contributed by atoms with Gasteiger partial charge in [0.05, 0.1) is 31.6 Å². The number of imidazole rings is 1. The Morgan fingerprint density at radius 1 is 1.00 bits per heavy atom. The summed E-state index contributed by atoms with van der Waals surface area (Å²) in [5.74, 6) is -3.02. The van der Waals surface area contributed by atoms with Crippen molar-refractivity contribution in [1.29, 1.82) is 0 Å². The average Bonchev–Trinajstić information content (AvgIpc) is 3.32. The molecular formula is C33H48F3N5O8Si. The number of alkyl carbamates (subject to hydrolysis) is 1. The molecule has 1 aliphatic rings. The number of hydrogen-bond donors (Lipinski definition) is 2. The quantitative estimate of drug-likeness (QED) is 0.128. The zero-order valence-corrected chi connectivity index (χ0v) is 31.1. The van der Waals surface area contributed by atoms with Crippen molar-refractivity contribution in [1.82, 2.24) is 14.9 Å². The number of ether oxygens (including phenoxy) is 4. The highest BCUT2D eigenvalue weighted by Gasteiger charge is 2.48. The number of carbonyl (C=O) groups is 4. The Labute approximate surface area is 291 Å². The second-order valence-electron chi connectivity index (χ2n) is 14.2. The van der Waals surface area contributed by atoms with E-state index in [-0.39, 0.29) is 48.6 Å². The molecule has 0 saturated heterocycles. The molecule has 2 heterocycles. The van der Waals surface area contributed by atoms with Gasteiger partial charge in [0, 0.05) is 31.6 Å². The number of esters is 1. The molecule has 1 aliphatic heterocycles. The molecule has 3 amide bonds. The van der Waals surface area contributed by atoms with Crippen LogP contribution in [0.4, 0.5) is 34.1 Å². The Balaban J connectivity index is 2.36. The van der Waals surface area contributed by atoms with Crippen LogP contribution in [0.15, 0.2) is 18.2 Å². The predicted molar refractivity (Wildman–Crippen MR) is 182 cm³/mol. The molecule has 0 radical (unpaired) electrons.